The second kappa shape index (κ2) is 6.76. The molecule has 0 aliphatic carbocycles. The van der Waals surface area contributed by atoms with Gasteiger partial charge in [-0.15, -0.1) is 0 Å². The summed E-state index contributed by atoms with van der Waals surface area (Å²) in [6.45, 7) is 4.93. The SMILES string of the molecule is CCNC(CC)c1cccc(-c2cc(F)c(F)c(F)c2)c1. The lowest BCUT2D eigenvalue weighted by Crippen LogP contribution is -2.19. The Balaban J connectivity index is 2.41. The maximum Gasteiger partial charge on any atom is 0.194 e. The first-order chi connectivity index (χ1) is 10.1. The number of halogens is 3. The fourth-order valence-corrected chi connectivity index (χ4v) is 2.40. The molecule has 0 aromatic heterocycles. The standard InChI is InChI=1S/C17H18F3N/c1-3-16(21-4-2)12-7-5-6-11(8-12)13-9-14(18)17(20)15(19)10-13/h5-10,16,21H,3-4H2,1-2H3. The van der Waals surface area contributed by atoms with Crippen LogP contribution in [0.25, 0.3) is 11.1 Å². The van der Waals surface area contributed by atoms with Gasteiger partial charge in [0.25, 0.3) is 0 Å². The van der Waals surface area contributed by atoms with Crippen molar-refractivity contribution < 1.29 is 13.2 Å². The Hall–Kier alpha value is -1.81. The molecule has 2 rings (SSSR count). The molecular weight excluding hydrogens is 275 g/mol. The molecule has 0 amide bonds. The van der Waals surface area contributed by atoms with Crippen LogP contribution >= 0.6 is 0 Å². The summed E-state index contributed by atoms with van der Waals surface area (Å²) >= 11 is 0. The van der Waals surface area contributed by atoms with Gasteiger partial charge in [0.15, 0.2) is 17.5 Å². The zero-order chi connectivity index (χ0) is 15.4. The van der Waals surface area contributed by atoms with Gasteiger partial charge >= 0.3 is 0 Å². The smallest absolute Gasteiger partial charge is 0.194 e. The normalized spacial score (nSPS) is 12.4. The van der Waals surface area contributed by atoms with Crippen LogP contribution < -0.4 is 5.32 Å². The zero-order valence-corrected chi connectivity index (χ0v) is 12.1. The molecule has 0 aliphatic rings. The Kier molecular flexibility index (Phi) is 5.02. The summed E-state index contributed by atoms with van der Waals surface area (Å²) in [5.74, 6) is -3.78. The predicted octanol–water partition coefficient (Wildman–Crippen LogP) is 4.83. The summed E-state index contributed by atoms with van der Waals surface area (Å²) in [5, 5.41) is 3.35. The highest BCUT2D eigenvalue weighted by atomic mass is 19.2. The van der Waals surface area contributed by atoms with Crippen molar-refractivity contribution in [3.8, 4) is 11.1 Å². The van der Waals surface area contributed by atoms with Gasteiger partial charge in [0, 0.05) is 6.04 Å². The van der Waals surface area contributed by atoms with Gasteiger partial charge in [-0.1, -0.05) is 32.0 Å². The minimum absolute atomic E-state index is 0.185. The Bertz CT molecular complexity index is 602. The first-order valence-corrected chi connectivity index (χ1v) is 7.05. The van der Waals surface area contributed by atoms with Crippen molar-refractivity contribution in [1.82, 2.24) is 5.32 Å². The van der Waals surface area contributed by atoms with Crippen LogP contribution in [0, 0.1) is 17.5 Å². The topological polar surface area (TPSA) is 12.0 Å². The summed E-state index contributed by atoms with van der Waals surface area (Å²) in [7, 11) is 0. The molecule has 1 atom stereocenters. The third kappa shape index (κ3) is 3.45. The molecule has 112 valence electrons. The van der Waals surface area contributed by atoms with E-state index in [-0.39, 0.29) is 6.04 Å². The lowest BCUT2D eigenvalue weighted by atomic mass is 9.98. The summed E-state index contributed by atoms with van der Waals surface area (Å²) in [5.41, 5.74) is 2.04. The van der Waals surface area contributed by atoms with Crippen LogP contribution in [0.2, 0.25) is 0 Å². The van der Waals surface area contributed by atoms with Crippen LogP contribution in [-0.4, -0.2) is 6.54 Å². The molecule has 0 radical (unpaired) electrons. The van der Waals surface area contributed by atoms with Gasteiger partial charge in [-0.2, -0.15) is 0 Å². The number of benzene rings is 2. The molecule has 0 saturated carbocycles. The average Bonchev–Trinajstić information content (AvgIpc) is 2.50. The van der Waals surface area contributed by atoms with Crippen molar-refractivity contribution in [3.05, 3.63) is 59.4 Å². The lowest BCUT2D eigenvalue weighted by molar-refractivity contribution is 0.447. The van der Waals surface area contributed by atoms with Crippen LogP contribution in [0.3, 0.4) is 0 Å². The molecule has 2 aromatic rings. The molecular formula is C17H18F3N. The van der Waals surface area contributed by atoms with Crippen molar-refractivity contribution >= 4 is 0 Å². The number of rotatable bonds is 5. The third-order valence-corrected chi connectivity index (χ3v) is 3.46. The molecule has 0 heterocycles. The van der Waals surface area contributed by atoms with Gasteiger partial charge in [-0.3, -0.25) is 0 Å². The molecule has 0 saturated heterocycles. The first kappa shape index (κ1) is 15.6. The van der Waals surface area contributed by atoms with Crippen molar-refractivity contribution in [2.75, 3.05) is 6.54 Å². The molecule has 0 bridgehead atoms. The quantitative estimate of drug-likeness (QED) is 0.778. The second-order valence-electron chi connectivity index (χ2n) is 4.90. The molecule has 0 fully saturated rings. The highest BCUT2D eigenvalue weighted by molar-refractivity contribution is 5.64. The summed E-state index contributed by atoms with van der Waals surface area (Å²) in [6, 6.07) is 9.67. The van der Waals surface area contributed by atoms with Crippen LogP contribution in [0.15, 0.2) is 36.4 Å². The molecule has 0 aliphatic heterocycles. The van der Waals surface area contributed by atoms with E-state index in [0.29, 0.717) is 11.1 Å². The zero-order valence-electron chi connectivity index (χ0n) is 12.1. The van der Waals surface area contributed by atoms with Crippen molar-refractivity contribution in [2.45, 2.75) is 26.3 Å². The Morgan fingerprint density at radius 2 is 1.62 bits per heavy atom. The summed E-state index contributed by atoms with van der Waals surface area (Å²) in [4.78, 5) is 0. The first-order valence-electron chi connectivity index (χ1n) is 7.05. The summed E-state index contributed by atoms with van der Waals surface area (Å²) in [6.07, 6.45) is 0.906. The average molecular weight is 293 g/mol. The predicted molar refractivity (Wildman–Crippen MR) is 78.5 cm³/mol. The Labute approximate surface area is 122 Å². The van der Waals surface area contributed by atoms with Gasteiger partial charge in [-0.25, -0.2) is 13.2 Å². The molecule has 4 heteroatoms. The number of hydrogen-bond acceptors (Lipinski definition) is 1. The monoisotopic (exact) mass is 293 g/mol. The second-order valence-corrected chi connectivity index (χ2v) is 4.90. The van der Waals surface area contributed by atoms with Crippen molar-refractivity contribution in [2.24, 2.45) is 0 Å². The number of hydrogen-bond donors (Lipinski definition) is 1. The lowest BCUT2D eigenvalue weighted by Gasteiger charge is -2.17. The maximum absolute atomic E-state index is 13.3. The highest BCUT2D eigenvalue weighted by Crippen LogP contribution is 2.27. The van der Waals surface area contributed by atoms with E-state index in [2.05, 4.69) is 12.2 Å². The van der Waals surface area contributed by atoms with Crippen molar-refractivity contribution in [1.29, 1.82) is 0 Å². The van der Waals surface area contributed by atoms with E-state index >= 15 is 0 Å². The van der Waals surface area contributed by atoms with Crippen LogP contribution in [0.4, 0.5) is 13.2 Å². The van der Waals surface area contributed by atoms with Crippen LogP contribution in [-0.2, 0) is 0 Å². The number of nitrogens with one attached hydrogen (secondary N) is 1. The van der Waals surface area contributed by atoms with Gasteiger partial charge in [0.1, 0.15) is 0 Å². The van der Waals surface area contributed by atoms with Crippen LogP contribution in [0.5, 0.6) is 0 Å². The fraction of sp³-hybridized carbons (Fsp3) is 0.294. The minimum atomic E-state index is -1.44. The molecule has 1 nitrogen and oxygen atoms in total. The van der Waals surface area contributed by atoms with Gasteiger partial charge < -0.3 is 5.32 Å². The van der Waals surface area contributed by atoms with E-state index in [4.69, 9.17) is 0 Å². The third-order valence-electron chi connectivity index (χ3n) is 3.46. The molecule has 21 heavy (non-hydrogen) atoms. The maximum atomic E-state index is 13.3. The van der Waals surface area contributed by atoms with Crippen molar-refractivity contribution in [3.63, 3.8) is 0 Å². The van der Waals surface area contributed by atoms with E-state index < -0.39 is 17.5 Å². The highest BCUT2D eigenvalue weighted by Gasteiger charge is 2.13. The largest absolute Gasteiger partial charge is 0.310 e. The van der Waals surface area contributed by atoms with E-state index in [9.17, 15) is 13.2 Å². The Morgan fingerprint density at radius 1 is 0.952 bits per heavy atom. The van der Waals surface area contributed by atoms with E-state index in [1.807, 2.05) is 25.1 Å². The Morgan fingerprint density at radius 3 is 2.19 bits per heavy atom. The molecule has 1 unspecified atom stereocenters. The molecule has 1 N–H and O–H groups in total. The summed E-state index contributed by atoms with van der Waals surface area (Å²) < 4.78 is 39.7. The van der Waals surface area contributed by atoms with E-state index in [1.54, 1.807) is 6.07 Å². The molecule has 0 spiro atoms. The van der Waals surface area contributed by atoms with E-state index in [0.717, 1.165) is 30.7 Å². The van der Waals surface area contributed by atoms with E-state index in [1.165, 1.54) is 0 Å². The molecule has 2 aromatic carbocycles. The van der Waals surface area contributed by atoms with Crippen LogP contribution in [0.1, 0.15) is 31.9 Å². The van der Waals surface area contributed by atoms with Gasteiger partial charge in [0.2, 0.25) is 0 Å². The van der Waals surface area contributed by atoms with Gasteiger partial charge in [0.05, 0.1) is 0 Å². The minimum Gasteiger partial charge on any atom is -0.310 e. The fourth-order valence-electron chi connectivity index (χ4n) is 2.40. The van der Waals surface area contributed by atoms with Gasteiger partial charge in [-0.05, 0) is 47.9 Å².